The van der Waals surface area contributed by atoms with Crippen LogP contribution in [0.3, 0.4) is 0 Å². The van der Waals surface area contributed by atoms with Gasteiger partial charge < -0.3 is 0 Å². The summed E-state index contributed by atoms with van der Waals surface area (Å²) in [5, 5.41) is 19.9. The molecule has 4 heteroatoms. The van der Waals surface area contributed by atoms with Crippen LogP contribution < -0.4 is 0 Å². The van der Waals surface area contributed by atoms with Crippen molar-refractivity contribution in [2.24, 2.45) is 17.3 Å². The zero-order valence-corrected chi connectivity index (χ0v) is 17.5. The highest BCUT2D eigenvalue weighted by Gasteiger charge is 2.52. The molecule has 0 aromatic heterocycles. The molecule has 0 unspecified atom stereocenters. The van der Waals surface area contributed by atoms with E-state index in [-0.39, 0.29) is 24.4 Å². The number of carbonyl (C=O) groups excluding carboxylic acids is 2. The van der Waals surface area contributed by atoms with Crippen molar-refractivity contribution >= 4 is 11.6 Å². The SMILES string of the molecule is N#CC1(C#N)C[C@H](C(=O)c2ccccc2)C(c2ccccc2)[C@@H](C(=O)c2ccccc2)C1. The Morgan fingerprint density at radius 1 is 0.656 bits per heavy atom. The smallest absolute Gasteiger partial charge is 0.166 e. The summed E-state index contributed by atoms with van der Waals surface area (Å²) in [4.78, 5) is 27.4. The summed E-state index contributed by atoms with van der Waals surface area (Å²) in [6.45, 7) is 0. The molecule has 0 aliphatic heterocycles. The minimum absolute atomic E-state index is 0.103. The Kier molecular flexibility index (Phi) is 5.97. The molecule has 0 spiro atoms. The summed E-state index contributed by atoms with van der Waals surface area (Å²) < 4.78 is 0. The Morgan fingerprint density at radius 3 is 1.41 bits per heavy atom. The van der Waals surface area contributed by atoms with Gasteiger partial charge in [0.15, 0.2) is 11.6 Å². The molecule has 3 aromatic carbocycles. The van der Waals surface area contributed by atoms with E-state index in [9.17, 15) is 20.1 Å². The average Bonchev–Trinajstić information content (AvgIpc) is 2.88. The van der Waals surface area contributed by atoms with Gasteiger partial charge in [-0.2, -0.15) is 10.5 Å². The van der Waals surface area contributed by atoms with Crippen LogP contribution in [0.4, 0.5) is 0 Å². The van der Waals surface area contributed by atoms with Crippen LogP contribution >= 0.6 is 0 Å². The summed E-state index contributed by atoms with van der Waals surface area (Å²) in [6.07, 6.45) is 0.206. The maximum Gasteiger partial charge on any atom is 0.166 e. The Morgan fingerprint density at radius 2 is 1.03 bits per heavy atom. The topological polar surface area (TPSA) is 81.7 Å². The summed E-state index contributed by atoms with van der Waals surface area (Å²) in [6, 6.07) is 31.6. The van der Waals surface area contributed by atoms with Crippen LogP contribution in [0.1, 0.15) is 45.0 Å². The number of carbonyl (C=O) groups is 2. The average molecular weight is 418 g/mol. The van der Waals surface area contributed by atoms with E-state index in [2.05, 4.69) is 12.1 Å². The fraction of sp³-hybridized carbons (Fsp3) is 0.214. The van der Waals surface area contributed by atoms with Crippen LogP contribution in [0, 0.1) is 39.9 Å². The molecule has 0 radical (unpaired) electrons. The predicted octanol–water partition coefficient (Wildman–Crippen LogP) is 5.60. The summed E-state index contributed by atoms with van der Waals surface area (Å²) >= 11 is 0. The lowest BCUT2D eigenvalue weighted by Crippen LogP contribution is -2.43. The van der Waals surface area contributed by atoms with Crippen molar-refractivity contribution in [3.8, 4) is 12.1 Å². The van der Waals surface area contributed by atoms with E-state index in [1.165, 1.54) is 0 Å². The number of Topliss-reactive ketones (excluding diaryl/α,β-unsaturated/α-hetero) is 2. The van der Waals surface area contributed by atoms with E-state index in [1.807, 2.05) is 42.5 Å². The van der Waals surface area contributed by atoms with Gasteiger partial charge in [0.1, 0.15) is 5.41 Å². The molecular formula is C28H22N2O2. The first-order valence-electron chi connectivity index (χ1n) is 10.6. The third kappa shape index (κ3) is 3.96. The summed E-state index contributed by atoms with van der Waals surface area (Å²) in [5.74, 6) is -2.03. The van der Waals surface area contributed by atoms with Gasteiger partial charge >= 0.3 is 0 Å². The maximum atomic E-state index is 13.7. The molecule has 0 saturated heterocycles. The highest BCUT2D eigenvalue weighted by Crippen LogP contribution is 2.51. The van der Waals surface area contributed by atoms with Gasteiger partial charge in [-0.1, -0.05) is 91.0 Å². The van der Waals surface area contributed by atoms with E-state index in [1.54, 1.807) is 48.5 Å². The highest BCUT2D eigenvalue weighted by molar-refractivity contribution is 6.02. The first kappa shape index (κ1) is 21.2. The number of hydrogen-bond donors (Lipinski definition) is 0. The van der Waals surface area contributed by atoms with Crippen LogP contribution in [-0.2, 0) is 0 Å². The molecule has 0 N–H and O–H groups in total. The predicted molar refractivity (Wildman–Crippen MR) is 121 cm³/mol. The monoisotopic (exact) mass is 418 g/mol. The Bertz CT molecular complexity index is 1110. The van der Waals surface area contributed by atoms with Crippen LogP contribution in [0.15, 0.2) is 91.0 Å². The van der Waals surface area contributed by atoms with E-state index in [0.29, 0.717) is 11.1 Å². The number of rotatable bonds is 5. The van der Waals surface area contributed by atoms with Crippen LogP contribution in [0.2, 0.25) is 0 Å². The molecule has 0 heterocycles. The van der Waals surface area contributed by atoms with Crippen LogP contribution in [0.5, 0.6) is 0 Å². The largest absolute Gasteiger partial charge is 0.294 e. The van der Waals surface area contributed by atoms with Crippen LogP contribution in [0.25, 0.3) is 0 Å². The molecule has 156 valence electrons. The van der Waals surface area contributed by atoms with Gasteiger partial charge in [-0.25, -0.2) is 0 Å². The lowest BCUT2D eigenvalue weighted by molar-refractivity contribution is 0.0658. The van der Waals surface area contributed by atoms with Gasteiger partial charge in [0.05, 0.1) is 12.1 Å². The van der Waals surface area contributed by atoms with E-state index in [0.717, 1.165) is 5.56 Å². The Balaban J connectivity index is 1.87. The second-order valence-corrected chi connectivity index (χ2v) is 8.32. The first-order valence-corrected chi connectivity index (χ1v) is 10.6. The Hall–Kier alpha value is -4.02. The number of nitriles is 2. The van der Waals surface area contributed by atoms with Crippen LogP contribution in [-0.4, -0.2) is 11.6 Å². The molecular weight excluding hydrogens is 396 g/mol. The second kappa shape index (κ2) is 9.00. The minimum Gasteiger partial charge on any atom is -0.294 e. The van der Waals surface area contributed by atoms with Crippen molar-refractivity contribution in [3.63, 3.8) is 0 Å². The molecule has 4 rings (SSSR count). The van der Waals surface area contributed by atoms with E-state index >= 15 is 0 Å². The lowest BCUT2D eigenvalue weighted by atomic mass is 9.57. The van der Waals surface area contributed by atoms with Crippen molar-refractivity contribution in [1.29, 1.82) is 10.5 Å². The van der Waals surface area contributed by atoms with Gasteiger partial charge in [0.2, 0.25) is 0 Å². The number of ketones is 2. The summed E-state index contributed by atoms with van der Waals surface area (Å²) in [7, 11) is 0. The van der Waals surface area contributed by atoms with Crippen molar-refractivity contribution in [3.05, 3.63) is 108 Å². The molecule has 1 aliphatic rings. The third-order valence-corrected chi connectivity index (χ3v) is 6.41. The molecule has 32 heavy (non-hydrogen) atoms. The molecule has 0 bridgehead atoms. The van der Waals surface area contributed by atoms with Gasteiger partial charge in [0.25, 0.3) is 0 Å². The van der Waals surface area contributed by atoms with Crippen molar-refractivity contribution in [2.45, 2.75) is 18.8 Å². The zero-order chi connectivity index (χ0) is 22.6. The standard InChI is InChI=1S/C28H22N2O2/c29-18-28(19-30)16-23(26(31)21-12-6-2-7-13-21)25(20-10-4-1-5-11-20)24(17-28)27(32)22-14-8-3-9-15-22/h1-15,23-25H,16-17H2/t23-,24-/m0/s1. The second-order valence-electron chi connectivity index (χ2n) is 8.32. The van der Waals surface area contributed by atoms with Gasteiger partial charge in [-0.3, -0.25) is 9.59 Å². The first-order chi connectivity index (χ1) is 15.6. The number of benzene rings is 3. The van der Waals surface area contributed by atoms with E-state index in [4.69, 9.17) is 0 Å². The molecule has 3 aromatic rings. The van der Waals surface area contributed by atoms with Gasteiger partial charge in [-0.05, 0) is 18.4 Å². The lowest BCUT2D eigenvalue weighted by Gasteiger charge is -2.42. The fourth-order valence-electron chi connectivity index (χ4n) is 4.86. The molecule has 4 nitrogen and oxygen atoms in total. The number of nitrogens with zero attached hydrogens (tertiary/aromatic N) is 2. The molecule has 1 saturated carbocycles. The van der Waals surface area contributed by atoms with Gasteiger partial charge in [-0.15, -0.1) is 0 Å². The highest BCUT2D eigenvalue weighted by atomic mass is 16.1. The van der Waals surface area contributed by atoms with E-state index < -0.39 is 23.2 Å². The van der Waals surface area contributed by atoms with Crippen molar-refractivity contribution in [1.82, 2.24) is 0 Å². The normalized spacial score (nSPS) is 21.6. The zero-order valence-electron chi connectivity index (χ0n) is 17.5. The van der Waals surface area contributed by atoms with Crippen molar-refractivity contribution < 1.29 is 9.59 Å². The number of hydrogen-bond acceptors (Lipinski definition) is 4. The quantitative estimate of drug-likeness (QED) is 0.505. The van der Waals surface area contributed by atoms with Crippen molar-refractivity contribution in [2.75, 3.05) is 0 Å². The Labute approximate surface area is 187 Å². The molecule has 0 amide bonds. The molecule has 1 aliphatic carbocycles. The third-order valence-electron chi connectivity index (χ3n) is 6.41. The fourth-order valence-corrected chi connectivity index (χ4v) is 4.86. The summed E-state index contributed by atoms with van der Waals surface area (Å²) in [5.41, 5.74) is 0.530. The maximum absolute atomic E-state index is 13.7. The molecule has 2 atom stereocenters. The minimum atomic E-state index is -1.39. The van der Waals surface area contributed by atoms with Gasteiger partial charge in [0, 0.05) is 28.9 Å². The molecule has 1 fully saturated rings.